The molecule has 0 rings (SSSR count). The number of aliphatic hydroxyl groups excluding tert-OH is 1. The first-order valence-corrected chi connectivity index (χ1v) is 7.72. The van der Waals surface area contributed by atoms with E-state index in [1.807, 2.05) is 0 Å². The third kappa shape index (κ3) is 16.0. The van der Waals surface area contributed by atoms with Crippen LogP contribution in [0.2, 0.25) is 0 Å². The lowest BCUT2D eigenvalue weighted by Crippen LogP contribution is -3.00. The van der Waals surface area contributed by atoms with Crippen LogP contribution in [-0.4, -0.2) is 55.5 Å². The molecule has 0 fully saturated rings. The van der Waals surface area contributed by atoms with E-state index in [-0.39, 0.29) is 18.8 Å². The number of carbonyl (C=O) groups is 3. The largest absolute Gasteiger partial charge is 1.00 e. The average Bonchev–Trinajstić information content (AvgIpc) is 2.49. The number of halogens is 1. The van der Waals surface area contributed by atoms with Crippen LogP contribution in [0.3, 0.4) is 0 Å². The maximum absolute atomic E-state index is 11.3. The zero-order chi connectivity index (χ0) is 19.3. The number of nitrogens with two attached hydrogens (primary N) is 1. The van der Waals surface area contributed by atoms with E-state index in [1.165, 1.54) is 14.0 Å². The Labute approximate surface area is 155 Å². The van der Waals surface area contributed by atoms with Gasteiger partial charge in [-0.3, -0.25) is 9.59 Å². The molecule has 0 bridgehead atoms. The quantitative estimate of drug-likeness (QED) is 0.148. The number of carbonyl (C=O) groups excluding carboxylic acids is 3. The third-order valence-corrected chi connectivity index (χ3v) is 2.78. The summed E-state index contributed by atoms with van der Waals surface area (Å²) in [7, 11) is 1.27. The topological polar surface area (TPSA) is 156 Å². The molecule has 0 aliphatic heterocycles. The smallest absolute Gasteiger partial charge is 0.367 e. The molecule has 0 aliphatic rings. The Kier molecular flexibility index (Phi) is 17.2. The van der Waals surface area contributed by atoms with Gasteiger partial charge >= 0.3 is 17.9 Å². The molecule has 25 heavy (non-hydrogen) atoms. The number of nitrogens with one attached hydrogen (secondary N) is 1. The van der Waals surface area contributed by atoms with Crippen molar-refractivity contribution >= 4 is 17.9 Å². The molecule has 7 N–H and O–H groups in total. The van der Waals surface area contributed by atoms with Crippen LogP contribution in [0.5, 0.6) is 0 Å². The fourth-order valence-corrected chi connectivity index (χ4v) is 1.12. The molecular weight excluding hydrogens is 354 g/mol. The van der Waals surface area contributed by atoms with Gasteiger partial charge in [0.25, 0.3) is 0 Å². The minimum absolute atomic E-state index is 0. The summed E-state index contributed by atoms with van der Waals surface area (Å²) in [4.78, 5) is 33.0. The highest BCUT2D eigenvalue weighted by Gasteiger charge is 2.25. The van der Waals surface area contributed by atoms with Gasteiger partial charge in [0.05, 0.1) is 12.5 Å². The molecule has 0 radical (unpaired) electrons. The Balaban J connectivity index is -0.000000418. The van der Waals surface area contributed by atoms with Gasteiger partial charge in [0, 0.05) is 13.1 Å². The van der Waals surface area contributed by atoms with Crippen molar-refractivity contribution in [1.29, 1.82) is 0 Å². The Morgan fingerprint density at radius 1 is 1.28 bits per heavy atom. The minimum Gasteiger partial charge on any atom is -1.00 e. The predicted molar refractivity (Wildman–Crippen MR) is 87.2 cm³/mol. The SMILES string of the molecule is CC(C)(C)C(=O)OC(=O)CCCNCN.COC(=O)C([NH3+])C(C)O.[Cl-]. The number of hydrogen-bond acceptors (Lipinski definition) is 8. The van der Waals surface area contributed by atoms with Gasteiger partial charge in [0.2, 0.25) is 6.04 Å². The number of quaternary nitrogens is 1. The van der Waals surface area contributed by atoms with Crippen LogP contribution in [0.4, 0.5) is 0 Å². The first kappa shape index (κ1) is 28.5. The van der Waals surface area contributed by atoms with E-state index >= 15 is 0 Å². The van der Waals surface area contributed by atoms with Crippen molar-refractivity contribution in [2.45, 2.75) is 52.7 Å². The van der Waals surface area contributed by atoms with Crippen LogP contribution in [0, 0.1) is 5.41 Å². The Morgan fingerprint density at radius 3 is 2.12 bits per heavy atom. The van der Waals surface area contributed by atoms with Gasteiger partial charge < -0.3 is 43.8 Å². The van der Waals surface area contributed by atoms with E-state index in [9.17, 15) is 14.4 Å². The molecule has 0 aromatic rings. The normalized spacial score (nSPS) is 12.6. The maximum atomic E-state index is 11.3. The molecular formula is C15H32ClN3O6. The van der Waals surface area contributed by atoms with Crippen molar-refractivity contribution in [1.82, 2.24) is 5.32 Å². The molecule has 0 saturated carbocycles. The molecule has 0 saturated heterocycles. The highest BCUT2D eigenvalue weighted by molar-refractivity contribution is 5.88. The fraction of sp³-hybridized carbons (Fsp3) is 0.800. The van der Waals surface area contributed by atoms with Crippen molar-refractivity contribution < 1.29 is 47.1 Å². The van der Waals surface area contributed by atoms with E-state index in [1.54, 1.807) is 20.8 Å². The van der Waals surface area contributed by atoms with Crippen molar-refractivity contribution in [2.75, 3.05) is 20.3 Å². The average molecular weight is 386 g/mol. The fourth-order valence-electron chi connectivity index (χ4n) is 1.12. The molecule has 0 amide bonds. The van der Waals surface area contributed by atoms with Crippen LogP contribution >= 0.6 is 0 Å². The van der Waals surface area contributed by atoms with Crippen molar-refractivity contribution in [3.63, 3.8) is 0 Å². The van der Waals surface area contributed by atoms with Crippen LogP contribution in [0.15, 0.2) is 0 Å². The molecule has 10 heteroatoms. The highest BCUT2D eigenvalue weighted by atomic mass is 35.5. The van der Waals surface area contributed by atoms with E-state index in [4.69, 9.17) is 10.8 Å². The molecule has 0 spiro atoms. The van der Waals surface area contributed by atoms with E-state index in [0.717, 1.165) is 0 Å². The standard InChI is InChI=1S/C10H20N2O3.C5H11NO3.ClH/c1-10(2,3)9(14)15-8(13)5-4-6-12-7-11;1-3(7)4(6)5(8)9-2;/h12H,4-7,11H2,1-3H3;3-4,7H,6H2,1-2H3;1H. The second kappa shape index (κ2) is 15.0. The van der Waals surface area contributed by atoms with Crippen LogP contribution in [-0.2, 0) is 23.9 Å². The second-order valence-corrected chi connectivity index (χ2v) is 6.19. The van der Waals surface area contributed by atoms with E-state index in [0.29, 0.717) is 19.6 Å². The molecule has 0 aliphatic carbocycles. The highest BCUT2D eigenvalue weighted by Crippen LogP contribution is 2.15. The molecule has 0 aromatic carbocycles. The van der Waals surface area contributed by atoms with Gasteiger partial charge in [-0.15, -0.1) is 0 Å². The zero-order valence-electron chi connectivity index (χ0n) is 15.6. The zero-order valence-corrected chi connectivity index (χ0v) is 16.4. The van der Waals surface area contributed by atoms with Crippen LogP contribution in [0.1, 0.15) is 40.5 Å². The minimum atomic E-state index is -0.738. The summed E-state index contributed by atoms with van der Waals surface area (Å²) in [5.41, 5.74) is 7.95. The summed E-state index contributed by atoms with van der Waals surface area (Å²) in [5.74, 6) is -1.45. The lowest BCUT2D eigenvalue weighted by molar-refractivity contribution is -0.423. The monoisotopic (exact) mass is 385 g/mol. The molecule has 150 valence electrons. The Morgan fingerprint density at radius 2 is 1.80 bits per heavy atom. The van der Waals surface area contributed by atoms with E-state index < -0.39 is 35.5 Å². The van der Waals surface area contributed by atoms with Gasteiger partial charge in [-0.1, -0.05) is 0 Å². The summed E-state index contributed by atoms with van der Waals surface area (Å²) in [5, 5.41) is 11.6. The molecule has 0 aromatic heterocycles. The maximum Gasteiger partial charge on any atom is 0.367 e. The number of hydrogen-bond donors (Lipinski definition) is 4. The van der Waals surface area contributed by atoms with Crippen molar-refractivity contribution in [3.05, 3.63) is 0 Å². The summed E-state index contributed by atoms with van der Waals surface area (Å²) in [6, 6.07) is -0.671. The lowest BCUT2D eigenvalue weighted by Gasteiger charge is -2.15. The number of esters is 3. The first-order chi connectivity index (χ1) is 11.0. The lowest BCUT2D eigenvalue weighted by atomic mass is 9.97. The molecule has 9 nitrogen and oxygen atoms in total. The summed E-state index contributed by atoms with van der Waals surface area (Å²) in [6.45, 7) is 7.65. The second-order valence-electron chi connectivity index (χ2n) is 6.19. The van der Waals surface area contributed by atoms with Gasteiger partial charge in [-0.05, 0) is 40.7 Å². The number of rotatable bonds is 7. The summed E-state index contributed by atoms with van der Waals surface area (Å²) >= 11 is 0. The number of aliphatic hydroxyl groups is 1. The molecule has 2 atom stereocenters. The van der Waals surface area contributed by atoms with Gasteiger partial charge in [0.1, 0.15) is 6.10 Å². The van der Waals surface area contributed by atoms with Crippen molar-refractivity contribution in [2.24, 2.45) is 11.1 Å². The predicted octanol–water partition coefficient (Wildman–Crippen LogP) is -4.46. The van der Waals surface area contributed by atoms with Gasteiger partial charge in [-0.25, -0.2) is 4.79 Å². The van der Waals surface area contributed by atoms with Crippen LogP contribution < -0.4 is 29.2 Å². The Bertz CT molecular complexity index is 399. The number of ether oxygens (including phenoxy) is 2. The van der Waals surface area contributed by atoms with Crippen molar-refractivity contribution in [3.8, 4) is 0 Å². The van der Waals surface area contributed by atoms with Gasteiger partial charge in [-0.2, -0.15) is 0 Å². The van der Waals surface area contributed by atoms with E-state index in [2.05, 4.69) is 20.5 Å². The summed E-state index contributed by atoms with van der Waals surface area (Å²) in [6.07, 6.45) is 0.111. The molecule has 0 heterocycles. The first-order valence-electron chi connectivity index (χ1n) is 7.72. The summed E-state index contributed by atoms with van der Waals surface area (Å²) < 4.78 is 8.97. The Hall–Kier alpha value is -1.26. The van der Waals surface area contributed by atoms with Gasteiger partial charge in [0.15, 0.2) is 0 Å². The van der Waals surface area contributed by atoms with Crippen LogP contribution in [0.25, 0.3) is 0 Å². The number of methoxy groups -OCH3 is 1. The third-order valence-electron chi connectivity index (χ3n) is 2.78. The molecule has 2 unspecified atom stereocenters.